The standard InChI is InChI=1S/C24H25N3O3/c28-16-26-23-4-2-18-13-19(1-3-21(18)23)22-14-20(15-27-9-11-29-12-10-27)30-24(22)17-5-7-25-8-6-17/h1,3,5-8,13-14,28H,2,4,9-12,15-16H2. The number of hydrogen-bond acceptors (Lipinski definition) is 6. The highest BCUT2D eigenvalue weighted by Crippen LogP contribution is 2.37. The lowest BCUT2D eigenvalue weighted by Gasteiger charge is -2.25. The van der Waals surface area contributed by atoms with Crippen LogP contribution in [-0.4, -0.2) is 53.7 Å². The van der Waals surface area contributed by atoms with Gasteiger partial charge in [0.2, 0.25) is 0 Å². The smallest absolute Gasteiger partial charge is 0.142 e. The molecule has 1 N–H and O–H groups in total. The van der Waals surface area contributed by atoms with Crippen molar-refractivity contribution in [3.8, 4) is 22.5 Å². The number of rotatable bonds is 5. The number of fused-ring (bicyclic) bond motifs is 1. The Bertz CT molecular complexity index is 1050. The monoisotopic (exact) mass is 403 g/mol. The molecule has 0 spiro atoms. The van der Waals surface area contributed by atoms with Gasteiger partial charge in [-0.05, 0) is 47.7 Å². The van der Waals surface area contributed by atoms with Crippen molar-refractivity contribution in [3.05, 3.63) is 65.7 Å². The summed E-state index contributed by atoms with van der Waals surface area (Å²) in [5.74, 6) is 1.84. The Balaban J connectivity index is 1.53. The molecular weight excluding hydrogens is 378 g/mol. The van der Waals surface area contributed by atoms with Gasteiger partial charge in [0.15, 0.2) is 0 Å². The number of benzene rings is 1. The fraction of sp³-hybridized carbons (Fsp3) is 0.333. The molecule has 0 unspecified atom stereocenters. The summed E-state index contributed by atoms with van der Waals surface area (Å²) in [6.07, 6.45) is 5.42. The van der Waals surface area contributed by atoms with Crippen molar-refractivity contribution in [3.63, 3.8) is 0 Å². The lowest BCUT2D eigenvalue weighted by Crippen LogP contribution is -2.35. The molecule has 1 aliphatic heterocycles. The summed E-state index contributed by atoms with van der Waals surface area (Å²) in [6, 6.07) is 12.6. The van der Waals surface area contributed by atoms with Crippen molar-refractivity contribution < 1.29 is 14.3 Å². The van der Waals surface area contributed by atoms with Crippen LogP contribution < -0.4 is 0 Å². The van der Waals surface area contributed by atoms with Gasteiger partial charge in [-0.2, -0.15) is 0 Å². The third-order valence-electron chi connectivity index (χ3n) is 5.83. The van der Waals surface area contributed by atoms with Crippen LogP contribution in [0.2, 0.25) is 0 Å². The Kier molecular flexibility index (Phi) is 5.45. The second-order valence-corrected chi connectivity index (χ2v) is 7.70. The number of hydrogen-bond donors (Lipinski definition) is 1. The van der Waals surface area contributed by atoms with Crippen LogP contribution in [0.3, 0.4) is 0 Å². The lowest BCUT2D eigenvalue weighted by molar-refractivity contribution is 0.0314. The van der Waals surface area contributed by atoms with Gasteiger partial charge in [0.25, 0.3) is 0 Å². The van der Waals surface area contributed by atoms with Gasteiger partial charge in [0.05, 0.1) is 19.8 Å². The van der Waals surface area contributed by atoms with Crippen LogP contribution >= 0.6 is 0 Å². The van der Waals surface area contributed by atoms with Gasteiger partial charge in [-0.3, -0.25) is 14.9 Å². The van der Waals surface area contributed by atoms with E-state index in [0.717, 1.165) is 85.2 Å². The van der Waals surface area contributed by atoms with Gasteiger partial charge in [0.1, 0.15) is 18.3 Å². The first kappa shape index (κ1) is 19.2. The number of aliphatic imine (C=N–C) groups is 1. The second-order valence-electron chi connectivity index (χ2n) is 7.70. The molecule has 0 amide bonds. The van der Waals surface area contributed by atoms with Crippen molar-refractivity contribution in [2.45, 2.75) is 19.4 Å². The molecule has 1 aromatic carbocycles. The molecule has 6 heteroatoms. The van der Waals surface area contributed by atoms with E-state index in [2.05, 4.69) is 39.1 Å². The molecule has 6 nitrogen and oxygen atoms in total. The number of morpholine rings is 1. The molecule has 0 radical (unpaired) electrons. The summed E-state index contributed by atoms with van der Waals surface area (Å²) in [6.45, 7) is 4.01. The summed E-state index contributed by atoms with van der Waals surface area (Å²) in [4.78, 5) is 10.7. The predicted octanol–water partition coefficient (Wildman–Crippen LogP) is 3.53. The van der Waals surface area contributed by atoms with Gasteiger partial charge < -0.3 is 14.3 Å². The minimum atomic E-state index is -0.157. The van der Waals surface area contributed by atoms with Crippen LogP contribution in [0, 0.1) is 0 Å². The molecule has 2 aromatic heterocycles. The highest BCUT2D eigenvalue weighted by Gasteiger charge is 2.22. The van der Waals surface area contributed by atoms with Gasteiger partial charge in [-0.1, -0.05) is 18.2 Å². The van der Waals surface area contributed by atoms with Crippen LogP contribution in [0.25, 0.3) is 22.5 Å². The second kappa shape index (κ2) is 8.52. The van der Waals surface area contributed by atoms with Crippen molar-refractivity contribution in [1.82, 2.24) is 9.88 Å². The van der Waals surface area contributed by atoms with E-state index in [-0.39, 0.29) is 6.73 Å². The lowest BCUT2D eigenvalue weighted by atomic mass is 9.98. The molecule has 3 aromatic rings. The Morgan fingerprint density at radius 1 is 0.967 bits per heavy atom. The zero-order valence-electron chi connectivity index (χ0n) is 16.9. The predicted molar refractivity (Wildman–Crippen MR) is 115 cm³/mol. The summed E-state index contributed by atoms with van der Waals surface area (Å²) in [7, 11) is 0. The molecule has 2 aliphatic rings. The van der Waals surface area contributed by atoms with Crippen LogP contribution in [-0.2, 0) is 17.7 Å². The topological polar surface area (TPSA) is 71.1 Å². The van der Waals surface area contributed by atoms with Crippen molar-refractivity contribution in [2.75, 3.05) is 33.0 Å². The largest absolute Gasteiger partial charge is 0.459 e. The SMILES string of the molecule is OCN=C1CCc2cc(-c3cc(CN4CCOCC4)oc3-c3ccncc3)ccc21. The maximum absolute atomic E-state index is 9.17. The van der Waals surface area contributed by atoms with Crippen LogP contribution in [0.5, 0.6) is 0 Å². The number of nitrogens with zero attached hydrogens (tertiary/aromatic N) is 3. The van der Waals surface area contributed by atoms with Gasteiger partial charge >= 0.3 is 0 Å². The summed E-state index contributed by atoms with van der Waals surface area (Å²) in [5.41, 5.74) is 6.68. The fourth-order valence-corrected chi connectivity index (χ4v) is 4.32. The van der Waals surface area contributed by atoms with Crippen molar-refractivity contribution >= 4 is 5.71 Å². The Labute approximate surface area is 175 Å². The molecule has 1 aliphatic carbocycles. The van der Waals surface area contributed by atoms with E-state index in [1.165, 1.54) is 5.56 Å². The average molecular weight is 403 g/mol. The summed E-state index contributed by atoms with van der Waals surface area (Å²) in [5, 5.41) is 9.17. The number of aromatic nitrogens is 1. The molecule has 5 rings (SSSR count). The van der Waals surface area contributed by atoms with Crippen LogP contribution in [0.4, 0.5) is 0 Å². The van der Waals surface area contributed by atoms with E-state index in [0.29, 0.717) is 0 Å². The van der Waals surface area contributed by atoms with E-state index in [1.807, 2.05) is 12.1 Å². The van der Waals surface area contributed by atoms with E-state index >= 15 is 0 Å². The average Bonchev–Trinajstić information content (AvgIpc) is 3.39. The number of ether oxygens (including phenoxy) is 1. The van der Waals surface area contributed by atoms with Crippen LogP contribution in [0.1, 0.15) is 23.3 Å². The van der Waals surface area contributed by atoms with Crippen molar-refractivity contribution in [2.24, 2.45) is 4.99 Å². The molecule has 1 saturated heterocycles. The van der Waals surface area contributed by atoms with Gasteiger partial charge in [0, 0.05) is 42.3 Å². The van der Waals surface area contributed by atoms with E-state index in [4.69, 9.17) is 14.3 Å². The van der Waals surface area contributed by atoms with E-state index < -0.39 is 0 Å². The number of pyridine rings is 1. The molecular formula is C24H25N3O3. The quantitative estimate of drug-likeness (QED) is 0.706. The number of aliphatic hydroxyl groups is 1. The highest BCUT2D eigenvalue weighted by molar-refractivity contribution is 6.05. The molecule has 30 heavy (non-hydrogen) atoms. The minimum Gasteiger partial charge on any atom is -0.459 e. The molecule has 3 heterocycles. The number of furan rings is 1. The Hall–Kier alpha value is -2.80. The highest BCUT2D eigenvalue weighted by atomic mass is 16.5. The zero-order chi connectivity index (χ0) is 20.3. The maximum Gasteiger partial charge on any atom is 0.142 e. The summed E-state index contributed by atoms with van der Waals surface area (Å²) < 4.78 is 11.8. The zero-order valence-corrected chi connectivity index (χ0v) is 16.9. The molecule has 154 valence electrons. The molecule has 0 atom stereocenters. The fourth-order valence-electron chi connectivity index (χ4n) is 4.32. The van der Waals surface area contributed by atoms with E-state index in [9.17, 15) is 0 Å². The van der Waals surface area contributed by atoms with Gasteiger partial charge in [-0.15, -0.1) is 0 Å². The third-order valence-corrected chi connectivity index (χ3v) is 5.83. The van der Waals surface area contributed by atoms with E-state index in [1.54, 1.807) is 12.4 Å². The Morgan fingerprint density at radius 3 is 2.60 bits per heavy atom. The molecule has 1 fully saturated rings. The first-order valence-electron chi connectivity index (χ1n) is 10.4. The third kappa shape index (κ3) is 3.81. The molecule has 0 bridgehead atoms. The molecule has 0 saturated carbocycles. The van der Waals surface area contributed by atoms with Gasteiger partial charge in [-0.25, -0.2) is 0 Å². The summed E-state index contributed by atoms with van der Waals surface area (Å²) >= 11 is 0. The first-order valence-corrected chi connectivity index (χ1v) is 10.4. The normalized spacial score (nSPS) is 18.1. The number of aryl methyl sites for hydroxylation is 1. The minimum absolute atomic E-state index is 0.157. The Morgan fingerprint density at radius 2 is 1.80 bits per heavy atom. The first-order chi connectivity index (χ1) is 14.8. The number of aliphatic hydroxyl groups excluding tert-OH is 1. The van der Waals surface area contributed by atoms with Crippen LogP contribution in [0.15, 0.2) is 58.2 Å². The van der Waals surface area contributed by atoms with Crippen molar-refractivity contribution in [1.29, 1.82) is 0 Å². The maximum atomic E-state index is 9.17.